The van der Waals surface area contributed by atoms with Crippen molar-refractivity contribution in [3.63, 3.8) is 0 Å². The highest BCUT2D eigenvalue weighted by atomic mass is 16.4. The van der Waals surface area contributed by atoms with Crippen molar-refractivity contribution in [2.75, 3.05) is 0 Å². The molecule has 26 heavy (non-hydrogen) atoms. The molecule has 0 heterocycles. The first-order valence-electron chi connectivity index (χ1n) is 8.47. The van der Waals surface area contributed by atoms with Gasteiger partial charge in [-0.3, -0.25) is 19.2 Å². The van der Waals surface area contributed by atoms with Crippen LogP contribution in [-0.4, -0.2) is 44.3 Å². The average molecular weight is 370 g/mol. The van der Waals surface area contributed by atoms with Crippen LogP contribution >= 0.6 is 0 Å². The Balaban J connectivity index is 3.81. The second-order valence-corrected chi connectivity index (χ2v) is 7.42. The Morgan fingerprint density at radius 3 is 1.08 bits per heavy atom. The molecular weight excluding hydrogens is 344 g/mol. The number of rotatable bonds is 8. The van der Waals surface area contributed by atoms with Crippen LogP contribution < -0.4 is 0 Å². The van der Waals surface area contributed by atoms with Gasteiger partial charge in [0.05, 0.1) is 0 Å². The van der Waals surface area contributed by atoms with E-state index in [0.29, 0.717) is 0 Å². The van der Waals surface area contributed by atoms with Crippen molar-refractivity contribution in [2.45, 2.75) is 40.5 Å². The van der Waals surface area contributed by atoms with Gasteiger partial charge < -0.3 is 20.4 Å². The van der Waals surface area contributed by atoms with Crippen LogP contribution in [0, 0.1) is 34.5 Å². The molecule has 2 unspecified atom stereocenters. The first-order valence-corrected chi connectivity index (χ1v) is 8.47. The van der Waals surface area contributed by atoms with Crippen molar-refractivity contribution in [1.82, 2.24) is 0 Å². The molecule has 0 radical (unpaired) electrons. The molecule has 1 rings (SSSR count). The van der Waals surface area contributed by atoms with Crippen LogP contribution in [0.3, 0.4) is 0 Å². The summed E-state index contributed by atoms with van der Waals surface area (Å²) in [4.78, 5) is 48.3. The zero-order chi connectivity index (χ0) is 20.4. The third-order valence-electron chi connectivity index (χ3n) is 5.84. The normalized spacial score (nSPS) is 21.0. The SMILES string of the molecule is CC(C)C(C(=O)O)(C(=O)O)C1CC=CCC1C(C(=O)O)(C(=O)O)C(C)C. The van der Waals surface area contributed by atoms with Gasteiger partial charge in [-0.15, -0.1) is 0 Å². The van der Waals surface area contributed by atoms with Gasteiger partial charge >= 0.3 is 23.9 Å². The van der Waals surface area contributed by atoms with Gasteiger partial charge in [0.25, 0.3) is 0 Å². The summed E-state index contributed by atoms with van der Waals surface area (Å²) in [7, 11) is 0. The molecule has 0 amide bonds. The maximum absolute atomic E-state index is 12.1. The molecule has 0 aromatic rings. The van der Waals surface area contributed by atoms with Crippen LogP contribution in [0.15, 0.2) is 12.2 Å². The Hall–Kier alpha value is -2.38. The number of carboxylic acids is 4. The van der Waals surface area contributed by atoms with Crippen LogP contribution in [0.4, 0.5) is 0 Å². The molecule has 1 aliphatic carbocycles. The summed E-state index contributed by atoms with van der Waals surface area (Å²) in [6, 6.07) is 0. The number of allylic oxidation sites excluding steroid dienone is 2. The predicted molar refractivity (Wildman–Crippen MR) is 90.4 cm³/mol. The number of carbonyl (C=O) groups is 4. The summed E-state index contributed by atoms with van der Waals surface area (Å²) in [6.45, 7) is 5.76. The van der Waals surface area contributed by atoms with Crippen molar-refractivity contribution in [1.29, 1.82) is 0 Å². The van der Waals surface area contributed by atoms with E-state index in [1.165, 1.54) is 27.7 Å². The number of carboxylic acid groups (broad SMARTS) is 4. The van der Waals surface area contributed by atoms with E-state index in [-0.39, 0.29) is 12.8 Å². The van der Waals surface area contributed by atoms with Gasteiger partial charge in [-0.2, -0.15) is 0 Å². The van der Waals surface area contributed by atoms with Gasteiger partial charge in [0.2, 0.25) is 0 Å². The molecule has 0 aliphatic heterocycles. The smallest absolute Gasteiger partial charge is 0.321 e. The molecule has 0 spiro atoms. The molecule has 8 nitrogen and oxygen atoms in total. The van der Waals surface area contributed by atoms with Crippen LogP contribution in [0.5, 0.6) is 0 Å². The summed E-state index contributed by atoms with van der Waals surface area (Å²) in [5.74, 6) is -10.4. The lowest BCUT2D eigenvalue weighted by Crippen LogP contribution is -2.59. The molecule has 2 atom stereocenters. The van der Waals surface area contributed by atoms with Gasteiger partial charge in [0, 0.05) is 0 Å². The molecule has 0 fully saturated rings. The van der Waals surface area contributed by atoms with Gasteiger partial charge in [0.1, 0.15) is 0 Å². The van der Waals surface area contributed by atoms with Gasteiger partial charge in [0.15, 0.2) is 10.8 Å². The fourth-order valence-corrected chi connectivity index (χ4v) is 4.48. The number of hydrogen-bond donors (Lipinski definition) is 4. The van der Waals surface area contributed by atoms with E-state index >= 15 is 0 Å². The standard InChI is InChI=1S/C18H26O8/c1-9(2)17(13(19)20,14(21)22)11-7-5-6-8-12(11)18(10(3)4,15(23)24)16(25)26/h5-6,9-12H,7-8H2,1-4H3,(H,19,20)(H,21,22)(H,23,24)(H,25,26). The van der Waals surface area contributed by atoms with Crippen LogP contribution in [0.1, 0.15) is 40.5 Å². The Morgan fingerprint density at radius 1 is 0.692 bits per heavy atom. The zero-order valence-corrected chi connectivity index (χ0v) is 15.3. The highest BCUT2D eigenvalue weighted by Gasteiger charge is 2.65. The highest BCUT2D eigenvalue weighted by Crippen LogP contribution is 2.54. The monoisotopic (exact) mass is 370 g/mol. The van der Waals surface area contributed by atoms with Crippen molar-refractivity contribution in [2.24, 2.45) is 34.5 Å². The van der Waals surface area contributed by atoms with E-state index < -0.39 is 58.4 Å². The van der Waals surface area contributed by atoms with Crippen molar-refractivity contribution >= 4 is 23.9 Å². The minimum absolute atomic E-state index is 0.0174. The molecule has 0 aromatic heterocycles. The maximum atomic E-state index is 12.1. The summed E-state index contributed by atoms with van der Waals surface area (Å²) >= 11 is 0. The molecule has 0 bridgehead atoms. The van der Waals surface area contributed by atoms with Crippen LogP contribution in [0.25, 0.3) is 0 Å². The number of aliphatic carboxylic acids is 4. The Labute approximate surface area is 151 Å². The third-order valence-corrected chi connectivity index (χ3v) is 5.84. The summed E-state index contributed by atoms with van der Waals surface area (Å²) < 4.78 is 0. The molecule has 4 N–H and O–H groups in total. The molecule has 0 saturated heterocycles. The molecular formula is C18H26O8. The van der Waals surface area contributed by atoms with Crippen molar-refractivity contribution in [3.05, 3.63) is 12.2 Å². The second kappa shape index (κ2) is 7.47. The maximum Gasteiger partial charge on any atom is 0.321 e. The molecule has 0 saturated carbocycles. The molecule has 8 heteroatoms. The predicted octanol–water partition coefficient (Wildman–Crippen LogP) is 2.19. The Morgan fingerprint density at radius 2 is 0.923 bits per heavy atom. The second-order valence-electron chi connectivity index (χ2n) is 7.42. The van der Waals surface area contributed by atoms with E-state index in [0.717, 1.165) is 0 Å². The Kier molecular flexibility index (Phi) is 6.22. The lowest BCUT2D eigenvalue weighted by Gasteiger charge is -2.48. The number of hydrogen-bond acceptors (Lipinski definition) is 4. The zero-order valence-electron chi connectivity index (χ0n) is 15.3. The fourth-order valence-electron chi connectivity index (χ4n) is 4.48. The van der Waals surface area contributed by atoms with Gasteiger partial charge in [-0.1, -0.05) is 39.8 Å². The lowest BCUT2D eigenvalue weighted by molar-refractivity contribution is -0.191. The minimum Gasteiger partial charge on any atom is -0.480 e. The lowest BCUT2D eigenvalue weighted by atomic mass is 9.52. The highest BCUT2D eigenvalue weighted by molar-refractivity contribution is 6.01. The third kappa shape index (κ3) is 2.87. The van der Waals surface area contributed by atoms with Crippen LogP contribution in [0.2, 0.25) is 0 Å². The van der Waals surface area contributed by atoms with E-state index in [4.69, 9.17) is 0 Å². The van der Waals surface area contributed by atoms with E-state index in [1.807, 2.05) is 0 Å². The molecule has 146 valence electrons. The largest absolute Gasteiger partial charge is 0.480 e. The topological polar surface area (TPSA) is 149 Å². The van der Waals surface area contributed by atoms with E-state index in [2.05, 4.69) is 0 Å². The van der Waals surface area contributed by atoms with E-state index in [1.54, 1.807) is 12.2 Å². The molecule has 1 aliphatic rings. The van der Waals surface area contributed by atoms with Crippen LogP contribution in [-0.2, 0) is 19.2 Å². The quantitative estimate of drug-likeness (QED) is 0.375. The summed E-state index contributed by atoms with van der Waals surface area (Å²) in [5, 5.41) is 39.3. The first-order chi connectivity index (χ1) is 11.9. The van der Waals surface area contributed by atoms with Gasteiger partial charge in [-0.05, 0) is 36.5 Å². The Bertz CT molecular complexity index is 549. The van der Waals surface area contributed by atoms with E-state index in [9.17, 15) is 39.6 Å². The van der Waals surface area contributed by atoms with Crippen molar-refractivity contribution < 1.29 is 39.6 Å². The van der Waals surface area contributed by atoms with Crippen molar-refractivity contribution in [3.8, 4) is 0 Å². The summed E-state index contributed by atoms with van der Waals surface area (Å²) in [5.41, 5.74) is -4.58. The van der Waals surface area contributed by atoms with Gasteiger partial charge in [-0.25, -0.2) is 0 Å². The fraction of sp³-hybridized carbons (Fsp3) is 0.667. The summed E-state index contributed by atoms with van der Waals surface area (Å²) in [6.07, 6.45) is 3.16. The average Bonchev–Trinajstić information content (AvgIpc) is 2.47. The first kappa shape index (κ1) is 21.7. The molecule has 0 aromatic carbocycles. The minimum atomic E-state index is -2.29.